The van der Waals surface area contributed by atoms with E-state index in [2.05, 4.69) is 20.9 Å². The summed E-state index contributed by atoms with van der Waals surface area (Å²) >= 11 is 4.97. The first kappa shape index (κ1) is 13.5. The molecule has 0 radical (unpaired) electrons. The van der Waals surface area contributed by atoms with Crippen molar-refractivity contribution in [2.24, 2.45) is 0 Å². The van der Waals surface area contributed by atoms with Gasteiger partial charge >= 0.3 is 0 Å². The molecule has 2 rings (SSSR count). The van der Waals surface area contributed by atoms with Crippen molar-refractivity contribution >= 4 is 27.3 Å². The molecule has 1 N–H and O–H groups in total. The van der Waals surface area contributed by atoms with Crippen LogP contribution < -0.4 is 4.74 Å². The fraction of sp³-hybridized carbons (Fsp3) is 0.308. The molecule has 0 aliphatic carbocycles. The van der Waals surface area contributed by atoms with E-state index in [1.807, 2.05) is 25.1 Å². The average Bonchev–Trinajstić information content (AvgIpc) is 2.76. The van der Waals surface area contributed by atoms with Crippen molar-refractivity contribution in [3.05, 3.63) is 44.3 Å². The number of hydrogen-bond donors (Lipinski definition) is 1. The van der Waals surface area contributed by atoms with Crippen LogP contribution in [0.5, 0.6) is 5.75 Å². The molecule has 0 saturated heterocycles. The third-order valence-corrected chi connectivity index (χ3v) is 4.25. The van der Waals surface area contributed by atoms with Gasteiger partial charge in [-0.3, -0.25) is 0 Å². The summed E-state index contributed by atoms with van der Waals surface area (Å²) < 4.78 is 6.07. The van der Waals surface area contributed by atoms with E-state index in [1.165, 1.54) is 11.3 Å². The number of benzene rings is 1. The van der Waals surface area contributed by atoms with Crippen molar-refractivity contribution in [1.82, 2.24) is 4.98 Å². The van der Waals surface area contributed by atoms with Crippen molar-refractivity contribution in [2.45, 2.75) is 19.4 Å². The predicted molar refractivity (Wildman–Crippen MR) is 76.2 cm³/mol. The number of ether oxygens (including phenoxy) is 1. The van der Waals surface area contributed by atoms with E-state index < -0.39 is 6.10 Å². The van der Waals surface area contributed by atoms with E-state index in [-0.39, 0.29) is 0 Å². The summed E-state index contributed by atoms with van der Waals surface area (Å²) in [6, 6.07) is 5.82. The Morgan fingerprint density at radius 1 is 1.50 bits per heavy atom. The van der Waals surface area contributed by atoms with Crippen molar-refractivity contribution < 1.29 is 9.84 Å². The molecule has 1 unspecified atom stereocenters. The summed E-state index contributed by atoms with van der Waals surface area (Å²) in [6.07, 6.45) is 1.81. The molecule has 2 aromatic rings. The van der Waals surface area contributed by atoms with Gasteiger partial charge in [0.25, 0.3) is 0 Å². The van der Waals surface area contributed by atoms with E-state index in [9.17, 15) is 5.11 Å². The van der Waals surface area contributed by atoms with Crippen LogP contribution in [-0.2, 0) is 6.42 Å². The van der Waals surface area contributed by atoms with Gasteiger partial charge in [0, 0.05) is 12.6 Å². The molecular weight excluding hydrogens is 314 g/mol. The molecule has 1 atom stereocenters. The van der Waals surface area contributed by atoms with Crippen LogP contribution in [0.15, 0.2) is 28.9 Å². The molecule has 96 valence electrons. The SMILES string of the molecule is COc1ccc(CC(O)c2cnc(C)s2)cc1Br. The first-order valence-electron chi connectivity index (χ1n) is 5.53. The van der Waals surface area contributed by atoms with Gasteiger partial charge in [-0.25, -0.2) is 4.98 Å². The van der Waals surface area contributed by atoms with Crippen molar-refractivity contribution in [1.29, 1.82) is 0 Å². The Labute approximate surface area is 119 Å². The fourth-order valence-corrected chi connectivity index (χ4v) is 3.05. The number of aliphatic hydroxyl groups excluding tert-OH is 1. The number of aryl methyl sites for hydroxylation is 1. The van der Waals surface area contributed by atoms with Gasteiger partial charge in [-0.1, -0.05) is 6.07 Å². The van der Waals surface area contributed by atoms with E-state index in [0.717, 1.165) is 25.7 Å². The molecule has 0 aliphatic heterocycles. The number of halogens is 1. The number of rotatable bonds is 4. The Kier molecular flexibility index (Phi) is 4.37. The zero-order valence-electron chi connectivity index (χ0n) is 10.2. The Morgan fingerprint density at radius 2 is 2.28 bits per heavy atom. The number of methoxy groups -OCH3 is 1. The minimum absolute atomic E-state index is 0.503. The predicted octanol–water partition coefficient (Wildman–Crippen LogP) is 3.50. The topological polar surface area (TPSA) is 42.4 Å². The largest absolute Gasteiger partial charge is 0.496 e. The van der Waals surface area contributed by atoms with E-state index in [0.29, 0.717) is 6.42 Å². The van der Waals surface area contributed by atoms with Gasteiger partial charge in [0.05, 0.1) is 27.6 Å². The second-order valence-electron chi connectivity index (χ2n) is 3.97. The van der Waals surface area contributed by atoms with Crippen LogP contribution in [0, 0.1) is 6.92 Å². The number of thiazole rings is 1. The highest BCUT2D eigenvalue weighted by molar-refractivity contribution is 9.10. The lowest BCUT2D eigenvalue weighted by atomic mass is 10.1. The summed E-state index contributed by atoms with van der Waals surface area (Å²) in [5.41, 5.74) is 1.06. The smallest absolute Gasteiger partial charge is 0.133 e. The minimum Gasteiger partial charge on any atom is -0.496 e. The molecular formula is C13H14BrNO2S. The molecule has 3 nitrogen and oxygen atoms in total. The van der Waals surface area contributed by atoms with Crippen molar-refractivity contribution in [3.8, 4) is 5.75 Å². The molecule has 1 aromatic heterocycles. The molecule has 0 aliphatic rings. The standard InChI is InChI=1S/C13H14BrNO2S/c1-8-15-7-13(18-8)11(16)6-9-3-4-12(17-2)10(14)5-9/h3-5,7,11,16H,6H2,1-2H3. The molecule has 0 fully saturated rings. The summed E-state index contributed by atoms with van der Waals surface area (Å²) in [5, 5.41) is 11.1. The highest BCUT2D eigenvalue weighted by Crippen LogP contribution is 2.29. The molecule has 5 heteroatoms. The lowest BCUT2D eigenvalue weighted by Crippen LogP contribution is -1.99. The van der Waals surface area contributed by atoms with Gasteiger partial charge in [0.15, 0.2) is 0 Å². The lowest BCUT2D eigenvalue weighted by Gasteiger charge is -2.10. The number of aromatic nitrogens is 1. The molecule has 0 spiro atoms. The van der Waals surface area contributed by atoms with Crippen molar-refractivity contribution in [3.63, 3.8) is 0 Å². The van der Waals surface area contributed by atoms with Crippen molar-refractivity contribution in [2.75, 3.05) is 7.11 Å². The minimum atomic E-state index is -0.503. The zero-order valence-corrected chi connectivity index (χ0v) is 12.6. The monoisotopic (exact) mass is 327 g/mol. The molecule has 0 bridgehead atoms. The van der Waals surface area contributed by atoms with Gasteiger partial charge in [0.1, 0.15) is 5.75 Å². The maximum atomic E-state index is 10.1. The third-order valence-electron chi connectivity index (χ3n) is 2.61. The van der Waals surface area contributed by atoms with Crippen LogP contribution in [-0.4, -0.2) is 17.2 Å². The Morgan fingerprint density at radius 3 is 2.83 bits per heavy atom. The third kappa shape index (κ3) is 3.10. The van der Waals surface area contributed by atoms with Gasteiger partial charge in [-0.05, 0) is 40.5 Å². The Bertz CT molecular complexity index is 542. The van der Waals surface area contributed by atoms with Gasteiger partial charge in [0.2, 0.25) is 0 Å². The molecule has 1 heterocycles. The Hall–Kier alpha value is -0.910. The van der Waals surface area contributed by atoms with Gasteiger partial charge in [-0.15, -0.1) is 11.3 Å². The van der Waals surface area contributed by atoms with Crippen LogP contribution in [0.4, 0.5) is 0 Å². The summed E-state index contributed by atoms with van der Waals surface area (Å²) in [7, 11) is 1.63. The van der Waals surface area contributed by atoms with Gasteiger partial charge in [-0.2, -0.15) is 0 Å². The first-order chi connectivity index (χ1) is 8.60. The Balaban J connectivity index is 2.12. The second kappa shape index (κ2) is 5.82. The number of nitrogens with zero attached hydrogens (tertiary/aromatic N) is 1. The summed E-state index contributed by atoms with van der Waals surface area (Å²) in [5.74, 6) is 0.793. The lowest BCUT2D eigenvalue weighted by molar-refractivity contribution is 0.182. The number of hydrogen-bond acceptors (Lipinski definition) is 4. The average molecular weight is 328 g/mol. The quantitative estimate of drug-likeness (QED) is 0.934. The fourth-order valence-electron chi connectivity index (χ4n) is 1.69. The normalized spacial score (nSPS) is 12.4. The highest BCUT2D eigenvalue weighted by atomic mass is 79.9. The van der Waals surface area contributed by atoms with Crippen LogP contribution in [0.3, 0.4) is 0 Å². The highest BCUT2D eigenvalue weighted by Gasteiger charge is 2.12. The van der Waals surface area contributed by atoms with E-state index in [1.54, 1.807) is 13.3 Å². The molecule has 0 amide bonds. The second-order valence-corrected chi connectivity index (χ2v) is 6.09. The van der Waals surface area contributed by atoms with Gasteiger partial charge < -0.3 is 9.84 Å². The molecule has 0 saturated carbocycles. The zero-order chi connectivity index (χ0) is 13.1. The molecule has 18 heavy (non-hydrogen) atoms. The van der Waals surface area contributed by atoms with Crippen LogP contribution >= 0.6 is 27.3 Å². The van der Waals surface area contributed by atoms with Crippen LogP contribution in [0.1, 0.15) is 21.6 Å². The van der Waals surface area contributed by atoms with E-state index >= 15 is 0 Å². The summed E-state index contributed by atoms with van der Waals surface area (Å²) in [6.45, 7) is 1.94. The first-order valence-corrected chi connectivity index (χ1v) is 7.14. The van der Waals surface area contributed by atoms with E-state index in [4.69, 9.17) is 4.74 Å². The van der Waals surface area contributed by atoms with Crippen LogP contribution in [0.25, 0.3) is 0 Å². The maximum Gasteiger partial charge on any atom is 0.133 e. The number of aliphatic hydroxyl groups is 1. The molecule has 1 aromatic carbocycles. The van der Waals surface area contributed by atoms with Crippen LogP contribution in [0.2, 0.25) is 0 Å². The summed E-state index contributed by atoms with van der Waals surface area (Å²) in [4.78, 5) is 5.06. The maximum absolute atomic E-state index is 10.1.